The summed E-state index contributed by atoms with van der Waals surface area (Å²) in [6, 6.07) is 13.8. The van der Waals surface area contributed by atoms with E-state index in [-0.39, 0.29) is 5.91 Å². The van der Waals surface area contributed by atoms with E-state index in [2.05, 4.69) is 38.7 Å². The first-order valence-electron chi connectivity index (χ1n) is 12.7. The van der Waals surface area contributed by atoms with Gasteiger partial charge in [-0.3, -0.25) is 9.69 Å². The van der Waals surface area contributed by atoms with Gasteiger partial charge in [-0.1, -0.05) is 30.0 Å². The van der Waals surface area contributed by atoms with Crippen LogP contribution in [0.1, 0.15) is 12.8 Å². The molecule has 2 heterocycles. The van der Waals surface area contributed by atoms with E-state index in [1.165, 1.54) is 9.20 Å². The number of rotatable bonds is 11. The standard InChI is InChI=1S/C27H37N5O3S2/c1-4-8-27(33)28-13-16-31-19-17-30(18-20-31)14-7-15-32-23-9-5-6-10-25(23)36-26-12-11-22(21-24(26)32)37(34,35)29(2)3/h4-6,9-12,21H,1,7-8,13-20H2,2-3H3,(H,28,33). The lowest BCUT2D eigenvalue weighted by Gasteiger charge is -2.36. The minimum atomic E-state index is -3.51. The number of para-hydroxylation sites is 1. The molecule has 0 radical (unpaired) electrons. The van der Waals surface area contributed by atoms with E-state index < -0.39 is 10.0 Å². The zero-order valence-electron chi connectivity index (χ0n) is 21.7. The summed E-state index contributed by atoms with van der Waals surface area (Å²) in [5.74, 6) is 0.0272. The lowest BCUT2D eigenvalue weighted by atomic mass is 10.2. The maximum Gasteiger partial charge on any atom is 0.242 e. The van der Waals surface area contributed by atoms with E-state index >= 15 is 0 Å². The highest BCUT2D eigenvalue weighted by Crippen LogP contribution is 2.48. The molecule has 200 valence electrons. The summed E-state index contributed by atoms with van der Waals surface area (Å²) >= 11 is 1.69. The lowest BCUT2D eigenvalue weighted by molar-refractivity contribution is -0.120. The normalized spacial score (nSPS) is 16.4. The topological polar surface area (TPSA) is 76.2 Å². The third-order valence-corrected chi connectivity index (χ3v) is 9.72. The Labute approximate surface area is 225 Å². The molecule has 1 fully saturated rings. The molecule has 0 bridgehead atoms. The molecular formula is C27H37N5O3S2. The molecule has 8 nitrogen and oxygen atoms in total. The molecule has 10 heteroatoms. The number of hydrogen-bond donors (Lipinski definition) is 1. The quantitative estimate of drug-likeness (QED) is 0.436. The second-order valence-corrected chi connectivity index (χ2v) is 12.8. The molecule has 0 aliphatic carbocycles. The molecule has 0 aromatic heterocycles. The van der Waals surface area contributed by atoms with Gasteiger partial charge in [-0.2, -0.15) is 0 Å². The van der Waals surface area contributed by atoms with Gasteiger partial charge >= 0.3 is 0 Å². The van der Waals surface area contributed by atoms with Crippen LogP contribution in [0.2, 0.25) is 0 Å². The number of carbonyl (C=O) groups excluding carboxylic acids is 1. The highest BCUT2D eigenvalue weighted by Gasteiger charge is 2.27. The molecule has 0 atom stereocenters. The van der Waals surface area contributed by atoms with Crippen LogP contribution >= 0.6 is 11.8 Å². The summed E-state index contributed by atoms with van der Waals surface area (Å²) in [6.07, 6.45) is 2.96. The number of nitrogens with one attached hydrogen (secondary N) is 1. The number of carbonyl (C=O) groups is 1. The van der Waals surface area contributed by atoms with Crippen molar-refractivity contribution < 1.29 is 13.2 Å². The molecule has 2 aliphatic heterocycles. The lowest BCUT2D eigenvalue weighted by Crippen LogP contribution is -2.48. The molecule has 1 saturated heterocycles. The van der Waals surface area contributed by atoms with Crippen molar-refractivity contribution >= 4 is 39.1 Å². The van der Waals surface area contributed by atoms with Crippen LogP contribution in [-0.4, -0.2) is 94.9 Å². The van der Waals surface area contributed by atoms with E-state index in [0.29, 0.717) is 17.9 Å². The number of hydrogen-bond acceptors (Lipinski definition) is 7. The maximum absolute atomic E-state index is 12.8. The number of piperazine rings is 1. The van der Waals surface area contributed by atoms with Gasteiger partial charge in [0.25, 0.3) is 0 Å². The van der Waals surface area contributed by atoms with E-state index in [4.69, 9.17) is 0 Å². The van der Waals surface area contributed by atoms with Crippen LogP contribution < -0.4 is 10.2 Å². The molecule has 37 heavy (non-hydrogen) atoms. The summed E-state index contributed by atoms with van der Waals surface area (Å²) in [7, 11) is -0.382. The Hall–Kier alpha value is -2.37. The smallest absolute Gasteiger partial charge is 0.242 e. The summed E-state index contributed by atoms with van der Waals surface area (Å²) in [5, 5.41) is 2.94. The predicted octanol–water partition coefficient (Wildman–Crippen LogP) is 3.24. The average Bonchev–Trinajstić information content (AvgIpc) is 2.89. The largest absolute Gasteiger partial charge is 0.355 e. The van der Waals surface area contributed by atoms with Crippen molar-refractivity contribution in [3.05, 3.63) is 55.1 Å². The van der Waals surface area contributed by atoms with Gasteiger partial charge in [0, 0.05) is 76.1 Å². The van der Waals surface area contributed by atoms with Gasteiger partial charge in [0.1, 0.15) is 0 Å². The summed E-state index contributed by atoms with van der Waals surface area (Å²) < 4.78 is 26.9. The summed E-state index contributed by atoms with van der Waals surface area (Å²) in [4.78, 5) is 21.3. The van der Waals surface area contributed by atoms with Gasteiger partial charge in [0.05, 0.1) is 16.3 Å². The van der Waals surface area contributed by atoms with Gasteiger partial charge in [-0.15, -0.1) is 6.58 Å². The number of anilines is 2. The van der Waals surface area contributed by atoms with E-state index in [1.807, 2.05) is 24.3 Å². The molecule has 2 aromatic carbocycles. The molecule has 1 N–H and O–H groups in total. The van der Waals surface area contributed by atoms with Crippen LogP contribution in [0.5, 0.6) is 0 Å². The Morgan fingerprint density at radius 3 is 2.38 bits per heavy atom. The predicted molar refractivity (Wildman–Crippen MR) is 150 cm³/mol. The molecule has 1 amide bonds. The van der Waals surface area contributed by atoms with Crippen molar-refractivity contribution in [1.82, 2.24) is 19.4 Å². The van der Waals surface area contributed by atoms with Crippen LogP contribution in [-0.2, 0) is 14.8 Å². The molecule has 2 aromatic rings. The fraction of sp³-hybridized carbons (Fsp3) is 0.444. The highest BCUT2D eigenvalue weighted by atomic mass is 32.2. The molecule has 4 rings (SSSR count). The third kappa shape index (κ3) is 6.74. The second kappa shape index (κ2) is 12.4. The Morgan fingerprint density at radius 1 is 1.00 bits per heavy atom. The number of amides is 1. The Morgan fingerprint density at radius 2 is 1.68 bits per heavy atom. The van der Waals surface area contributed by atoms with Gasteiger partial charge in [-0.05, 0) is 43.3 Å². The van der Waals surface area contributed by atoms with Crippen LogP contribution in [0.3, 0.4) is 0 Å². The first kappa shape index (κ1) is 27.7. The minimum absolute atomic E-state index is 0.0272. The molecule has 0 saturated carbocycles. The number of fused-ring (bicyclic) bond motifs is 2. The number of benzene rings is 2. The Bertz CT molecular complexity index is 1210. The summed E-state index contributed by atoms with van der Waals surface area (Å²) in [6.45, 7) is 10.9. The number of sulfonamides is 1. The molecule has 0 spiro atoms. The molecular weight excluding hydrogens is 506 g/mol. The minimum Gasteiger partial charge on any atom is -0.355 e. The first-order chi connectivity index (χ1) is 17.8. The monoisotopic (exact) mass is 543 g/mol. The Balaban J connectivity index is 1.36. The van der Waals surface area contributed by atoms with Crippen LogP contribution in [0.4, 0.5) is 11.4 Å². The summed E-state index contributed by atoms with van der Waals surface area (Å²) in [5.41, 5.74) is 2.08. The number of nitrogens with zero attached hydrogens (tertiary/aromatic N) is 4. The molecule has 0 unspecified atom stereocenters. The van der Waals surface area contributed by atoms with Crippen molar-refractivity contribution in [2.75, 3.05) is 71.4 Å². The van der Waals surface area contributed by atoms with Gasteiger partial charge in [0.15, 0.2) is 0 Å². The molecule has 2 aliphatic rings. The first-order valence-corrected chi connectivity index (χ1v) is 15.0. The van der Waals surface area contributed by atoms with Crippen LogP contribution in [0.15, 0.2) is 69.8 Å². The highest BCUT2D eigenvalue weighted by molar-refractivity contribution is 7.99. The van der Waals surface area contributed by atoms with E-state index in [9.17, 15) is 13.2 Å². The van der Waals surface area contributed by atoms with Crippen LogP contribution in [0, 0.1) is 0 Å². The van der Waals surface area contributed by atoms with Gasteiger partial charge in [0.2, 0.25) is 15.9 Å². The van der Waals surface area contributed by atoms with Crippen LogP contribution in [0.25, 0.3) is 0 Å². The van der Waals surface area contributed by atoms with E-state index in [1.54, 1.807) is 38.0 Å². The van der Waals surface area contributed by atoms with Gasteiger partial charge in [-0.25, -0.2) is 12.7 Å². The van der Waals surface area contributed by atoms with Crippen molar-refractivity contribution in [3.8, 4) is 0 Å². The fourth-order valence-electron chi connectivity index (χ4n) is 4.67. The van der Waals surface area contributed by atoms with Crippen molar-refractivity contribution in [2.45, 2.75) is 27.5 Å². The van der Waals surface area contributed by atoms with Crippen molar-refractivity contribution in [1.29, 1.82) is 0 Å². The zero-order valence-corrected chi connectivity index (χ0v) is 23.4. The average molecular weight is 544 g/mol. The van der Waals surface area contributed by atoms with Gasteiger partial charge < -0.3 is 15.1 Å². The SMILES string of the molecule is C=CCC(=O)NCCN1CCN(CCCN2c3ccccc3Sc3ccc(S(=O)(=O)N(C)C)cc32)CC1. The second-order valence-electron chi connectivity index (χ2n) is 9.52. The van der Waals surface area contributed by atoms with Crippen molar-refractivity contribution in [2.24, 2.45) is 0 Å². The van der Waals surface area contributed by atoms with E-state index in [0.717, 1.165) is 68.5 Å². The van der Waals surface area contributed by atoms with Crippen molar-refractivity contribution in [3.63, 3.8) is 0 Å². The maximum atomic E-state index is 12.8. The zero-order chi connectivity index (χ0) is 26.4. The Kier molecular flexibility index (Phi) is 9.31. The fourth-order valence-corrected chi connectivity index (χ4v) is 6.67. The third-order valence-electron chi connectivity index (χ3n) is 6.78.